The highest BCUT2D eigenvalue weighted by Gasteiger charge is 2.45. The average molecular weight is 183 g/mol. The average Bonchev–Trinajstić information content (AvgIpc) is 2.57. The van der Waals surface area contributed by atoms with E-state index in [1.54, 1.807) is 0 Å². The number of esters is 1. The van der Waals surface area contributed by atoms with E-state index >= 15 is 0 Å². The van der Waals surface area contributed by atoms with Crippen molar-refractivity contribution in [1.29, 1.82) is 0 Å². The quantitative estimate of drug-likeness (QED) is 0.665. The van der Waals surface area contributed by atoms with Crippen LogP contribution in [0.25, 0.3) is 0 Å². The van der Waals surface area contributed by atoms with Crippen molar-refractivity contribution in [3.05, 3.63) is 0 Å². The standard InChI is InChI=1S/C10H17NO2/c1-6(2)13-10(12)5-8-3-7-4-9(7)11-8/h6-9,11H,3-5H2,1-2H3. The molecule has 3 unspecified atom stereocenters. The van der Waals surface area contributed by atoms with Crippen molar-refractivity contribution in [2.45, 2.75) is 51.3 Å². The van der Waals surface area contributed by atoms with Crippen molar-refractivity contribution >= 4 is 5.97 Å². The fraction of sp³-hybridized carbons (Fsp3) is 0.900. The third-order valence-electron chi connectivity index (χ3n) is 2.74. The zero-order valence-electron chi connectivity index (χ0n) is 8.25. The van der Waals surface area contributed by atoms with E-state index in [-0.39, 0.29) is 12.1 Å². The molecule has 0 aromatic heterocycles. The normalized spacial score (nSPS) is 36.1. The minimum absolute atomic E-state index is 0.0171. The van der Waals surface area contributed by atoms with Crippen molar-refractivity contribution in [1.82, 2.24) is 5.32 Å². The van der Waals surface area contributed by atoms with E-state index in [0.717, 1.165) is 18.4 Å². The van der Waals surface area contributed by atoms with Gasteiger partial charge in [0, 0.05) is 12.1 Å². The maximum atomic E-state index is 11.3. The maximum absolute atomic E-state index is 11.3. The molecule has 1 heterocycles. The molecule has 3 atom stereocenters. The minimum Gasteiger partial charge on any atom is -0.463 e. The fourth-order valence-corrected chi connectivity index (χ4v) is 2.10. The van der Waals surface area contributed by atoms with Gasteiger partial charge in [-0.25, -0.2) is 0 Å². The highest BCUT2D eigenvalue weighted by molar-refractivity contribution is 5.70. The minimum atomic E-state index is -0.0613. The van der Waals surface area contributed by atoms with E-state index in [9.17, 15) is 4.79 Å². The van der Waals surface area contributed by atoms with Crippen LogP contribution in [-0.4, -0.2) is 24.2 Å². The number of hydrogen-bond acceptors (Lipinski definition) is 3. The molecule has 3 heteroatoms. The lowest BCUT2D eigenvalue weighted by Gasteiger charge is -2.13. The number of ether oxygens (including phenoxy) is 1. The van der Waals surface area contributed by atoms with Gasteiger partial charge in [-0.3, -0.25) is 4.79 Å². The summed E-state index contributed by atoms with van der Waals surface area (Å²) in [7, 11) is 0. The molecule has 2 fully saturated rings. The van der Waals surface area contributed by atoms with Crippen LogP contribution in [0.2, 0.25) is 0 Å². The second kappa shape index (κ2) is 3.29. The molecule has 3 nitrogen and oxygen atoms in total. The molecular weight excluding hydrogens is 166 g/mol. The number of piperidine rings is 1. The summed E-state index contributed by atoms with van der Waals surface area (Å²) in [5, 5.41) is 3.43. The van der Waals surface area contributed by atoms with Gasteiger partial charge >= 0.3 is 5.97 Å². The van der Waals surface area contributed by atoms with Gasteiger partial charge in [0.1, 0.15) is 0 Å². The maximum Gasteiger partial charge on any atom is 0.307 e. The highest BCUT2D eigenvalue weighted by atomic mass is 16.5. The molecule has 1 saturated heterocycles. The zero-order chi connectivity index (χ0) is 9.42. The van der Waals surface area contributed by atoms with Crippen molar-refractivity contribution < 1.29 is 9.53 Å². The molecule has 0 radical (unpaired) electrons. The Morgan fingerprint density at radius 1 is 1.54 bits per heavy atom. The first kappa shape index (κ1) is 9.00. The summed E-state index contributed by atoms with van der Waals surface area (Å²) in [6, 6.07) is 1.10. The highest BCUT2D eigenvalue weighted by Crippen LogP contribution is 2.41. The van der Waals surface area contributed by atoms with E-state index < -0.39 is 0 Å². The van der Waals surface area contributed by atoms with Crippen LogP contribution in [0.4, 0.5) is 0 Å². The predicted octanol–water partition coefficient (Wildman–Crippen LogP) is 1.08. The molecule has 0 amide bonds. The summed E-state index contributed by atoms with van der Waals surface area (Å²) in [4.78, 5) is 11.3. The van der Waals surface area contributed by atoms with Crippen molar-refractivity contribution in [3.63, 3.8) is 0 Å². The summed E-state index contributed by atoms with van der Waals surface area (Å²) >= 11 is 0. The Morgan fingerprint density at radius 2 is 2.31 bits per heavy atom. The van der Waals surface area contributed by atoms with Gasteiger partial charge < -0.3 is 10.1 Å². The summed E-state index contributed by atoms with van der Waals surface area (Å²) < 4.78 is 5.08. The van der Waals surface area contributed by atoms with Crippen LogP contribution in [-0.2, 0) is 9.53 Å². The van der Waals surface area contributed by atoms with Crippen LogP contribution in [0.15, 0.2) is 0 Å². The van der Waals surface area contributed by atoms with Crippen LogP contribution in [0.3, 0.4) is 0 Å². The predicted molar refractivity (Wildman–Crippen MR) is 49.3 cm³/mol. The molecular formula is C10H17NO2. The smallest absolute Gasteiger partial charge is 0.307 e. The lowest BCUT2D eigenvalue weighted by molar-refractivity contribution is -0.147. The van der Waals surface area contributed by atoms with Gasteiger partial charge in [-0.05, 0) is 32.6 Å². The molecule has 74 valence electrons. The van der Waals surface area contributed by atoms with E-state index in [1.165, 1.54) is 6.42 Å². The Balaban J connectivity index is 1.69. The van der Waals surface area contributed by atoms with E-state index in [0.29, 0.717) is 12.5 Å². The van der Waals surface area contributed by atoms with Crippen molar-refractivity contribution in [2.75, 3.05) is 0 Å². The fourth-order valence-electron chi connectivity index (χ4n) is 2.10. The molecule has 2 aliphatic rings. The summed E-state index contributed by atoms with van der Waals surface area (Å²) in [5.74, 6) is 0.797. The molecule has 0 aromatic rings. The lowest BCUT2D eigenvalue weighted by atomic mass is 10.1. The Kier molecular flexibility index (Phi) is 2.28. The Morgan fingerprint density at radius 3 is 2.85 bits per heavy atom. The summed E-state index contributed by atoms with van der Waals surface area (Å²) in [6.07, 6.45) is 3.04. The van der Waals surface area contributed by atoms with E-state index in [2.05, 4.69) is 5.32 Å². The zero-order valence-corrected chi connectivity index (χ0v) is 8.25. The lowest BCUT2D eigenvalue weighted by Crippen LogP contribution is -2.29. The molecule has 2 rings (SSSR count). The number of fused-ring (bicyclic) bond motifs is 1. The monoisotopic (exact) mass is 183 g/mol. The van der Waals surface area contributed by atoms with Gasteiger partial charge in [0.25, 0.3) is 0 Å². The van der Waals surface area contributed by atoms with E-state index in [1.807, 2.05) is 13.8 Å². The third-order valence-corrected chi connectivity index (χ3v) is 2.74. The molecule has 13 heavy (non-hydrogen) atoms. The van der Waals surface area contributed by atoms with Crippen LogP contribution in [0.5, 0.6) is 0 Å². The first-order chi connectivity index (χ1) is 6.15. The summed E-state index contributed by atoms with van der Waals surface area (Å²) in [5.41, 5.74) is 0. The Hall–Kier alpha value is -0.570. The first-order valence-corrected chi connectivity index (χ1v) is 5.10. The first-order valence-electron chi connectivity index (χ1n) is 5.10. The number of rotatable bonds is 3. The molecule has 0 aromatic carbocycles. The molecule has 1 N–H and O–H groups in total. The second-order valence-electron chi connectivity index (χ2n) is 4.44. The van der Waals surface area contributed by atoms with Crippen LogP contribution in [0, 0.1) is 5.92 Å². The number of nitrogens with one attached hydrogen (secondary N) is 1. The Bertz CT molecular complexity index is 205. The van der Waals surface area contributed by atoms with Gasteiger partial charge in [-0.1, -0.05) is 0 Å². The van der Waals surface area contributed by atoms with Crippen LogP contribution < -0.4 is 5.32 Å². The van der Waals surface area contributed by atoms with Crippen molar-refractivity contribution in [2.24, 2.45) is 5.92 Å². The van der Waals surface area contributed by atoms with E-state index in [4.69, 9.17) is 4.74 Å². The molecule has 1 aliphatic carbocycles. The molecule has 1 aliphatic heterocycles. The van der Waals surface area contributed by atoms with Crippen molar-refractivity contribution in [3.8, 4) is 0 Å². The van der Waals surface area contributed by atoms with Crippen LogP contribution >= 0.6 is 0 Å². The van der Waals surface area contributed by atoms with Gasteiger partial charge in [0.2, 0.25) is 0 Å². The van der Waals surface area contributed by atoms with Gasteiger partial charge in [-0.15, -0.1) is 0 Å². The third kappa shape index (κ3) is 2.21. The van der Waals surface area contributed by atoms with Gasteiger partial charge in [0.15, 0.2) is 0 Å². The largest absolute Gasteiger partial charge is 0.463 e. The topological polar surface area (TPSA) is 38.3 Å². The van der Waals surface area contributed by atoms with Gasteiger partial charge in [-0.2, -0.15) is 0 Å². The SMILES string of the molecule is CC(C)OC(=O)CC1CC2CC2N1. The number of hydrogen-bond donors (Lipinski definition) is 1. The van der Waals surface area contributed by atoms with Crippen LogP contribution in [0.1, 0.15) is 33.1 Å². The molecule has 1 saturated carbocycles. The Labute approximate surface area is 78.8 Å². The van der Waals surface area contributed by atoms with Gasteiger partial charge in [0.05, 0.1) is 12.5 Å². The summed E-state index contributed by atoms with van der Waals surface area (Å²) in [6.45, 7) is 3.77. The number of carbonyl (C=O) groups is 1. The number of carbonyl (C=O) groups excluding carboxylic acids is 1. The second-order valence-corrected chi connectivity index (χ2v) is 4.44. The molecule has 0 bridgehead atoms. The molecule has 0 spiro atoms.